The second-order valence-corrected chi connectivity index (χ2v) is 0.909. The standard InChI is InChI=1S/2CN.Ni.Rb/c2*1-2;;. The zero-order valence-electron chi connectivity index (χ0n) is 3.21. The molecule has 0 aromatic rings. The first kappa shape index (κ1) is 10.3. The molecule has 0 aromatic carbocycles. The molecule has 0 atom stereocenters. The average molecular weight is 196 g/mol. The summed E-state index contributed by atoms with van der Waals surface area (Å²) in [6, 6.07) is 0. The van der Waals surface area contributed by atoms with E-state index in [-0.39, 0.29) is 58.2 Å². The Morgan fingerprint density at radius 2 is 1.50 bits per heavy atom. The average Bonchev–Trinajstić information content (AvgIpc) is 1.41. The van der Waals surface area contributed by atoms with Gasteiger partial charge in [0.05, 0.1) is 0 Å². The molecule has 0 aliphatic carbocycles. The van der Waals surface area contributed by atoms with Gasteiger partial charge in [0, 0.05) is 58.2 Å². The number of hydrogen-bond acceptors (Lipinski definition) is 2. The van der Waals surface area contributed by atoms with E-state index in [2.05, 4.69) is 0 Å². The van der Waals surface area contributed by atoms with Gasteiger partial charge in [-0.1, -0.05) is 0 Å². The van der Waals surface area contributed by atoms with Crippen molar-refractivity contribution in [1.82, 2.24) is 0 Å². The quantitative estimate of drug-likeness (QED) is 0.497. The van der Waals surface area contributed by atoms with Crippen LogP contribution in [0.4, 0.5) is 0 Å². The maximum atomic E-state index is 7.57. The Bertz CT molecular complexity index is 76.7. The van der Waals surface area contributed by atoms with Crippen LogP contribution in [-0.4, -0.2) is 58.2 Å². The molecule has 0 N–H and O–H groups in total. The molecule has 0 spiro atoms. The van der Waals surface area contributed by atoms with Crippen molar-refractivity contribution in [1.29, 1.82) is 10.5 Å². The van der Waals surface area contributed by atoms with Gasteiger partial charge < -0.3 is 0 Å². The van der Waals surface area contributed by atoms with E-state index in [1.165, 1.54) is 0 Å². The van der Waals surface area contributed by atoms with Crippen LogP contribution >= 0.6 is 0 Å². The van der Waals surface area contributed by atoms with Gasteiger partial charge in [-0.05, 0) is 0 Å². The van der Waals surface area contributed by atoms with Crippen molar-refractivity contribution in [3.63, 3.8) is 0 Å². The summed E-state index contributed by atoms with van der Waals surface area (Å²) < 4.78 is 0. The fourth-order valence-electron chi connectivity index (χ4n) is 0.0158. The minimum absolute atomic E-state index is 0. The smallest absolute Gasteiger partial charge is 0 e. The molecule has 0 unspecified atom stereocenters. The van der Waals surface area contributed by atoms with Crippen molar-refractivity contribution in [2.45, 2.75) is 0 Å². The van der Waals surface area contributed by atoms with Gasteiger partial charge in [0.25, 0.3) is 0 Å². The fourth-order valence-corrected chi connectivity index (χ4v) is 0.0652. The molecule has 1 radical (unpaired) electrons. The Kier molecular flexibility index (Phi) is 16.4. The molecule has 0 saturated carbocycles. The normalized spacial score (nSPS) is 4.33. The van der Waals surface area contributed by atoms with Crippen LogP contribution in [-0.2, 0) is 14.4 Å². The van der Waals surface area contributed by atoms with E-state index in [9.17, 15) is 0 Å². The Hall–Kier alpha value is 1.28. The van der Waals surface area contributed by atoms with Gasteiger partial charge in [-0.25, -0.2) is 0 Å². The number of nitrogens with zero attached hydrogens (tertiary/aromatic N) is 2. The van der Waals surface area contributed by atoms with Gasteiger partial charge in [-0.3, -0.25) is 0 Å². The van der Waals surface area contributed by atoms with Crippen LogP contribution in [0.5, 0.6) is 0 Å². The van der Waals surface area contributed by atoms with Crippen LogP contribution in [0.3, 0.4) is 0 Å². The first-order chi connectivity index (χ1) is 2.41. The molecule has 29 valence electrons. The summed E-state index contributed by atoms with van der Waals surface area (Å²) in [5.41, 5.74) is 0. The molecular formula is C2N2NiRb. The van der Waals surface area contributed by atoms with Gasteiger partial charge in [-0.15, -0.1) is 0 Å². The van der Waals surface area contributed by atoms with Crippen LogP contribution in [0.25, 0.3) is 0 Å². The SMILES string of the molecule is N#[C][Ni][C]#N.[Rb]. The van der Waals surface area contributed by atoms with E-state index in [0.717, 1.165) is 0 Å². The van der Waals surface area contributed by atoms with Crippen molar-refractivity contribution < 1.29 is 14.4 Å². The molecule has 0 aliphatic heterocycles. The number of hydrogen-bond donors (Lipinski definition) is 0. The van der Waals surface area contributed by atoms with Crippen LogP contribution in [0.2, 0.25) is 0 Å². The summed E-state index contributed by atoms with van der Waals surface area (Å²) in [4.78, 5) is 0. The molecule has 0 heterocycles. The molecule has 0 saturated heterocycles. The maximum absolute atomic E-state index is 7.57. The molecule has 0 aromatic heterocycles. The summed E-state index contributed by atoms with van der Waals surface area (Å²) >= 11 is 0.431. The van der Waals surface area contributed by atoms with Crippen LogP contribution in [0.15, 0.2) is 0 Å². The maximum Gasteiger partial charge on any atom is 0 e. The molecule has 4 heteroatoms. The zero-order chi connectivity index (χ0) is 4.12. The summed E-state index contributed by atoms with van der Waals surface area (Å²) in [5, 5.41) is 18.3. The largest absolute Gasteiger partial charge is 0 e. The first-order valence-corrected chi connectivity index (χ1v) is 1.75. The molecule has 6 heavy (non-hydrogen) atoms. The van der Waals surface area contributed by atoms with E-state index in [4.69, 9.17) is 10.5 Å². The third-order valence-corrected chi connectivity index (χ3v) is 0.292. The second kappa shape index (κ2) is 9.56. The topological polar surface area (TPSA) is 47.6 Å². The van der Waals surface area contributed by atoms with E-state index < -0.39 is 0 Å². The molecular weight excluding hydrogens is 196 g/mol. The monoisotopic (exact) mass is 195 g/mol. The van der Waals surface area contributed by atoms with E-state index in [0.29, 0.717) is 14.4 Å². The van der Waals surface area contributed by atoms with Crippen LogP contribution < -0.4 is 0 Å². The minimum Gasteiger partial charge on any atom is 0 e. The van der Waals surface area contributed by atoms with Crippen molar-refractivity contribution in [2.24, 2.45) is 0 Å². The predicted octanol–water partition coefficient (Wildman–Crippen LogP) is -0.350. The van der Waals surface area contributed by atoms with Gasteiger partial charge in [0.2, 0.25) is 0 Å². The summed E-state index contributed by atoms with van der Waals surface area (Å²) in [5.74, 6) is 0. The van der Waals surface area contributed by atoms with Gasteiger partial charge in [-0.2, -0.15) is 0 Å². The minimum atomic E-state index is 0. The van der Waals surface area contributed by atoms with Crippen molar-refractivity contribution in [3.8, 4) is 10.1 Å². The molecule has 2 nitrogen and oxygen atoms in total. The van der Waals surface area contributed by atoms with Gasteiger partial charge >= 0.3 is 35.0 Å². The molecule has 0 fully saturated rings. The third kappa shape index (κ3) is 8.99. The molecule has 0 bridgehead atoms. The third-order valence-electron chi connectivity index (χ3n) is 0.0707. The van der Waals surface area contributed by atoms with Crippen molar-refractivity contribution >= 4 is 58.2 Å². The van der Waals surface area contributed by atoms with Gasteiger partial charge in [0.15, 0.2) is 0 Å². The second-order valence-electron chi connectivity index (χ2n) is 0.220. The molecule has 0 amide bonds. The van der Waals surface area contributed by atoms with E-state index in [1.54, 1.807) is 10.1 Å². The van der Waals surface area contributed by atoms with Crippen molar-refractivity contribution in [3.05, 3.63) is 0 Å². The van der Waals surface area contributed by atoms with E-state index >= 15 is 0 Å². The Morgan fingerprint density at radius 1 is 1.17 bits per heavy atom. The fraction of sp³-hybridized carbons (Fsp3) is 0. The van der Waals surface area contributed by atoms with Crippen LogP contribution in [0, 0.1) is 20.6 Å². The van der Waals surface area contributed by atoms with E-state index in [1.807, 2.05) is 0 Å². The van der Waals surface area contributed by atoms with Crippen molar-refractivity contribution in [2.75, 3.05) is 0 Å². The molecule has 0 rings (SSSR count). The Balaban J connectivity index is 0. The number of nitriles is 2. The molecule has 0 aliphatic rings. The Labute approximate surface area is 91.1 Å². The first-order valence-electron chi connectivity index (χ1n) is 0.763. The number of rotatable bonds is 0. The summed E-state index contributed by atoms with van der Waals surface area (Å²) in [6.45, 7) is 0. The summed E-state index contributed by atoms with van der Waals surface area (Å²) in [7, 11) is 0. The Morgan fingerprint density at radius 3 is 1.50 bits per heavy atom. The summed E-state index contributed by atoms with van der Waals surface area (Å²) in [6.07, 6.45) is 0. The van der Waals surface area contributed by atoms with Gasteiger partial charge in [0.1, 0.15) is 0 Å². The zero-order valence-corrected chi connectivity index (χ0v) is 9.11. The van der Waals surface area contributed by atoms with Crippen LogP contribution in [0.1, 0.15) is 0 Å². The predicted molar refractivity (Wildman–Crippen MR) is 17.0 cm³/mol.